The van der Waals surface area contributed by atoms with Gasteiger partial charge in [0.25, 0.3) is 0 Å². The number of benzene rings is 1. The molecule has 23 heavy (non-hydrogen) atoms. The number of fused-ring (bicyclic) bond motifs is 1. The molecule has 2 N–H and O–H groups in total. The Kier molecular flexibility index (Phi) is 5.20. The van der Waals surface area contributed by atoms with Gasteiger partial charge >= 0.3 is 0 Å². The molecule has 124 valence electrons. The van der Waals surface area contributed by atoms with E-state index in [1.807, 2.05) is 29.2 Å². The quantitative estimate of drug-likeness (QED) is 0.893. The van der Waals surface area contributed by atoms with Crippen molar-refractivity contribution in [3.05, 3.63) is 29.3 Å². The monoisotopic (exact) mass is 336 g/mol. The lowest BCUT2D eigenvalue weighted by Crippen LogP contribution is -2.53. The normalized spacial score (nSPS) is 17.6. The molecule has 0 spiro atoms. The van der Waals surface area contributed by atoms with Crippen LogP contribution in [-0.4, -0.2) is 66.1 Å². The summed E-state index contributed by atoms with van der Waals surface area (Å²) in [5.74, 6) is -0.0378. The van der Waals surface area contributed by atoms with Crippen molar-refractivity contribution in [3.63, 3.8) is 0 Å². The van der Waals surface area contributed by atoms with Gasteiger partial charge in [-0.1, -0.05) is 12.1 Å². The van der Waals surface area contributed by atoms with Crippen LogP contribution in [0.4, 0.5) is 4.39 Å². The predicted molar refractivity (Wildman–Crippen MR) is 90.3 cm³/mol. The molecule has 7 heteroatoms. The summed E-state index contributed by atoms with van der Waals surface area (Å²) >= 11 is 1.58. The van der Waals surface area contributed by atoms with E-state index in [-0.39, 0.29) is 12.6 Å². The Hall–Kier alpha value is -1.57. The summed E-state index contributed by atoms with van der Waals surface area (Å²) in [6, 6.07) is 7.35. The van der Waals surface area contributed by atoms with Crippen LogP contribution >= 0.6 is 11.3 Å². The first-order valence-corrected chi connectivity index (χ1v) is 8.66. The molecule has 1 saturated heterocycles. The average Bonchev–Trinajstić information content (AvgIpc) is 2.97. The van der Waals surface area contributed by atoms with Crippen molar-refractivity contribution in [2.45, 2.75) is 12.5 Å². The number of carbonyl (C=O) groups excluding carboxylic acids is 1. The smallest absolute Gasteiger partial charge is 0.240 e. The highest BCUT2D eigenvalue weighted by atomic mass is 32.1. The Bertz CT molecular complexity index is 636. The minimum Gasteiger partial charge on any atom is -0.339 e. The third-order valence-electron chi connectivity index (χ3n) is 4.13. The lowest BCUT2D eigenvalue weighted by Gasteiger charge is -2.35. The number of para-hydroxylation sites is 1. The van der Waals surface area contributed by atoms with Crippen molar-refractivity contribution in [2.75, 3.05) is 39.4 Å². The highest BCUT2D eigenvalue weighted by molar-refractivity contribution is 7.18. The van der Waals surface area contributed by atoms with Crippen molar-refractivity contribution >= 4 is 27.5 Å². The van der Waals surface area contributed by atoms with Gasteiger partial charge in [0, 0.05) is 39.1 Å². The number of hydrogen-bond acceptors (Lipinski definition) is 5. The fourth-order valence-corrected chi connectivity index (χ4v) is 3.85. The summed E-state index contributed by atoms with van der Waals surface area (Å²) in [6.45, 7) is 2.76. The second-order valence-electron chi connectivity index (χ2n) is 5.74. The maximum Gasteiger partial charge on any atom is 0.240 e. The zero-order valence-corrected chi connectivity index (χ0v) is 13.8. The van der Waals surface area contributed by atoms with Crippen LogP contribution in [0, 0.1) is 0 Å². The molecule has 0 aliphatic carbocycles. The third kappa shape index (κ3) is 3.85. The van der Waals surface area contributed by atoms with E-state index in [0.29, 0.717) is 39.1 Å². The number of piperazine rings is 1. The van der Waals surface area contributed by atoms with E-state index in [2.05, 4.69) is 4.98 Å². The topological polar surface area (TPSA) is 62.5 Å². The predicted octanol–water partition coefficient (Wildman–Crippen LogP) is 1.28. The summed E-state index contributed by atoms with van der Waals surface area (Å²) in [5, 5.41) is 0.892. The van der Waals surface area contributed by atoms with Crippen LogP contribution in [0.1, 0.15) is 5.01 Å². The Morgan fingerprint density at radius 1 is 1.30 bits per heavy atom. The number of alkyl halides is 1. The standard InChI is InChI=1S/C16H21FN4OS/c17-5-6-20-7-9-21(10-8-20)16(22)12(18)11-15-19-13-3-1-2-4-14(13)23-15/h1-4,12H,5-11,18H2/t12-/m0/s1. The van der Waals surface area contributed by atoms with Gasteiger partial charge in [-0.15, -0.1) is 11.3 Å². The number of rotatable bonds is 5. The summed E-state index contributed by atoms with van der Waals surface area (Å²) in [5.41, 5.74) is 7.05. The van der Waals surface area contributed by atoms with Crippen molar-refractivity contribution in [1.82, 2.24) is 14.8 Å². The third-order valence-corrected chi connectivity index (χ3v) is 5.19. The minimum absolute atomic E-state index is 0.0378. The highest BCUT2D eigenvalue weighted by Crippen LogP contribution is 2.22. The Balaban J connectivity index is 1.57. The Morgan fingerprint density at radius 3 is 2.74 bits per heavy atom. The van der Waals surface area contributed by atoms with E-state index in [9.17, 15) is 9.18 Å². The van der Waals surface area contributed by atoms with E-state index in [4.69, 9.17) is 5.73 Å². The number of halogens is 1. The molecule has 1 aliphatic rings. The van der Waals surface area contributed by atoms with Crippen molar-refractivity contribution < 1.29 is 9.18 Å². The number of aromatic nitrogens is 1. The van der Waals surface area contributed by atoms with Crippen LogP contribution in [-0.2, 0) is 11.2 Å². The van der Waals surface area contributed by atoms with Crippen molar-refractivity contribution in [3.8, 4) is 0 Å². The molecule has 0 unspecified atom stereocenters. The first kappa shape index (κ1) is 16.3. The van der Waals surface area contributed by atoms with Crippen LogP contribution in [0.5, 0.6) is 0 Å². The highest BCUT2D eigenvalue weighted by Gasteiger charge is 2.25. The van der Waals surface area contributed by atoms with Gasteiger partial charge in [-0.2, -0.15) is 0 Å². The van der Waals surface area contributed by atoms with Gasteiger partial charge in [-0.05, 0) is 12.1 Å². The van der Waals surface area contributed by atoms with Crippen LogP contribution in [0.2, 0.25) is 0 Å². The summed E-state index contributed by atoms with van der Waals surface area (Å²) < 4.78 is 13.5. The number of hydrogen-bond donors (Lipinski definition) is 1. The van der Waals surface area contributed by atoms with Gasteiger partial charge in [-0.3, -0.25) is 9.69 Å². The lowest BCUT2D eigenvalue weighted by molar-refractivity contribution is -0.134. The Labute approximate surface area is 138 Å². The maximum absolute atomic E-state index is 12.5. The second-order valence-corrected chi connectivity index (χ2v) is 6.86. The fourth-order valence-electron chi connectivity index (χ4n) is 2.83. The zero-order chi connectivity index (χ0) is 16.2. The first-order chi connectivity index (χ1) is 11.2. The number of carbonyl (C=O) groups is 1. The number of nitrogens with zero attached hydrogens (tertiary/aromatic N) is 3. The molecule has 1 fully saturated rings. The van der Waals surface area contributed by atoms with Gasteiger partial charge in [0.2, 0.25) is 5.91 Å². The largest absolute Gasteiger partial charge is 0.339 e. The molecule has 1 aromatic carbocycles. The minimum atomic E-state index is -0.566. The van der Waals surface area contributed by atoms with Crippen LogP contribution < -0.4 is 5.73 Å². The SMILES string of the molecule is N[C@@H](Cc1nc2ccccc2s1)C(=O)N1CCN(CCF)CC1. The molecule has 1 atom stereocenters. The van der Waals surface area contributed by atoms with Crippen LogP contribution in [0.15, 0.2) is 24.3 Å². The fraction of sp³-hybridized carbons (Fsp3) is 0.500. The van der Waals surface area contributed by atoms with E-state index in [1.165, 1.54) is 0 Å². The summed E-state index contributed by atoms with van der Waals surface area (Å²) in [6.07, 6.45) is 0.461. The average molecular weight is 336 g/mol. The molecule has 5 nitrogen and oxygen atoms in total. The van der Waals surface area contributed by atoms with Crippen molar-refractivity contribution in [1.29, 1.82) is 0 Å². The first-order valence-electron chi connectivity index (χ1n) is 7.84. The molecule has 0 radical (unpaired) electrons. The van der Waals surface area contributed by atoms with Crippen LogP contribution in [0.3, 0.4) is 0 Å². The molecule has 1 aromatic heterocycles. The molecule has 0 bridgehead atoms. The molecule has 1 amide bonds. The van der Waals surface area contributed by atoms with Crippen molar-refractivity contribution in [2.24, 2.45) is 5.73 Å². The van der Waals surface area contributed by atoms with E-state index < -0.39 is 6.04 Å². The zero-order valence-electron chi connectivity index (χ0n) is 12.9. The maximum atomic E-state index is 12.5. The summed E-state index contributed by atoms with van der Waals surface area (Å²) in [4.78, 5) is 20.8. The molecule has 2 heterocycles. The van der Waals surface area contributed by atoms with Gasteiger partial charge < -0.3 is 10.6 Å². The molecular weight excluding hydrogens is 315 g/mol. The van der Waals surface area contributed by atoms with Crippen LogP contribution in [0.25, 0.3) is 10.2 Å². The molecular formula is C16H21FN4OS. The number of amides is 1. The van der Waals surface area contributed by atoms with Gasteiger partial charge in [0.1, 0.15) is 6.67 Å². The van der Waals surface area contributed by atoms with Gasteiger partial charge in [0.05, 0.1) is 21.3 Å². The van der Waals surface area contributed by atoms with E-state index >= 15 is 0 Å². The van der Waals surface area contributed by atoms with E-state index in [1.54, 1.807) is 16.2 Å². The Morgan fingerprint density at radius 2 is 2.04 bits per heavy atom. The van der Waals surface area contributed by atoms with Gasteiger partial charge in [0.15, 0.2) is 0 Å². The second kappa shape index (κ2) is 7.33. The molecule has 3 rings (SSSR count). The summed E-state index contributed by atoms with van der Waals surface area (Å²) in [7, 11) is 0. The number of thiazole rings is 1. The molecule has 2 aromatic rings. The molecule has 1 aliphatic heterocycles. The van der Waals surface area contributed by atoms with E-state index in [0.717, 1.165) is 15.2 Å². The van der Waals surface area contributed by atoms with Gasteiger partial charge in [-0.25, -0.2) is 9.37 Å². The lowest BCUT2D eigenvalue weighted by atomic mass is 10.2. The molecule has 0 saturated carbocycles. The number of nitrogens with two attached hydrogens (primary N) is 1.